The average Bonchev–Trinajstić information content (AvgIpc) is 3.37. The highest BCUT2D eigenvalue weighted by Gasteiger charge is 2.21. The van der Waals surface area contributed by atoms with E-state index in [2.05, 4.69) is 15.5 Å². The summed E-state index contributed by atoms with van der Waals surface area (Å²) in [5.41, 5.74) is 2.90. The predicted octanol–water partition coefficient (Wildman–Crippen LogP) is 3.02. The molecule has 2 aromatic carbocycles. The van der Waals surface area contributed by atoms with Crippen molar-refractivity contribution in [3.8, 4) is 11.4 Å². The van der Waals surface area contributed by atoms with Crippen LogP contribution in [0.5, 0.6) is 0 Å². The maximum absolute atomic E-state index is 12.3. The van der Waals surface area contributed by atoms with Gasteiger partial charge in [-0.05, 0) is 24.1 Å². The molecule has 1 fully saturated rings. The molecule has 0 spiro atoms. The van der Waals surface area contributed by atoms with Crippen molar-refractivity contribution in [2.75, 3.05) is 17.2 Å². The third-order valence-electron chi connectivity index (χ3n) is 5.01. The van der Waals surface area contributed by atoms with Crippen LogP contribution in [0.4, 0.5) is 5.69 Å². The van der Waals surface area contributed by atoms with Gasteiger partial charge in [-0.1, -0.05) is 54.2 Å². The van der Waals surface area contributed by atoms with Crippen molar-refractivity contribution in [3.05, 3.63) is 60.2 Å². The molecule has 1 aliphatic heterocycles. The minimum absolute atomic E-state index is 0.0666. The number of benzene rings is 2. The topological polar surface area (TPSA) is 80.1 Å². The number of carbonyl (C=O) groups excluding carboxylic acids is 2. The predicted molar refractivity (Wildman–Crippen MR) is 117 cm³/mol. The molecule has 0 atom stereocenters. The van der Waals surface area contributed by atoms with Crippen molar-refractivity contribution < 1.29 is 9.59 Å². The number of anilines is 1. The Labute approximate surface area is 179 Å². The third kappa shape index (κ3) is 4.54. The van der Waals surface area contributed by atoms with Crippen molar-refractivity contribution in [2.24, 2.45) is 7.05 Å². The van der Waals surface area contributed by atoms with Gasteiger partial charge in [0, 0.05) is 37.8 Å². The molecule has 1 saturated heterocycles. The van der Waals surface area contributed by atoms with Crippen molar-refractivity contribution in [1.82, 2.24) is 20.1 Å². The van der Waals surface area contributed by atoms with Crippen LogP contribution in [0.2, 0.25) is 0 Å². The second-order valence-corrected chi connectivity index (χ2v) is 8.05. The van der Waals surface area contributed by atoms with E-state index in [4.69, 9.17) is 0 Å². The van der Waals surface area contributed by atoms with Gasteiger partial charge in [0.1, 0.15) is 0 Å². The zero-order valence-corrected chi connectivity index (χ0v) is 17.6. The molecule has 7 nitrogen and oxygen atoms in total. The Balaban J connectivity index is 1.27. The van der Waals surface area contributed by atoms with Gasteiger partial charge < -0.3 is 14.8 Å². The standard InChI is InChI=1S/C22H23N5O2S/c1-26-21(17-6-3-2-4-7-17)24-25-22(26)30-15-19(28)23-14-16-9-11-18(12-10-16)27-13-5-8-20(27)29/h2-4,6-7,9-12H,5,8,13-15H2,1H3,(H,23,28). The summed E-state index contributed by atoms with van der Waals surface area (Å²) < 4.78 is 1.89. The number of aromatic nitrogens is 3. The Morgan fingerprint density at radius 1 is 1.10 bits per heavy atom. The molecule has 0 bridgehead atoms. The summed E-state index contributed by atoms with van der Waals surface area (Å²) in [4.78, 5) is 25.9. The van der Waals surface area contributed by atoms with E-state index in [0.717, 1.165) is 35.6 Å². The highest BCUT2D eigenvalue weighted by molar-refractivity contribution is 7.99. The fourth-order valence-electron chi connectivity index (χ4n) is 3.38. The van der Waals surface area contributed by atoms with Crippen LogP contribution >= 0.6 is 11.8 Å². The van der Waals surface area contributed by atoms with Crippen molar-refractivity contribution in [3.63, 3.8) is 0 Å². The molecule has 1 aliphatic rings. The lowest BCUT2D eigenvalue weighted by Gasteiger charge is -2.16. The number of amides is 2. The Morgan fingerprint density at radius 2 is 1.87 bits per heavy atom. The molecular weight excluding hydrogens is 398 g/mol. The Kier molecular flexibility index (Phi) is 6.13. The number of rotatable bonds is 7. The number of nitrogens with one attached hydrogen (secondary N) is 1. The van der Waals surface area contributed by atoms with Crippen LogP contribution in [0, 0.1) is 0 Å². The van der Waals surface area contributed by atoms with Gasteiger partial charge in [0.2, 0.25) is 11.8 Å². The van der Waals surface area contributed by atoms with Crippen LogP contribution in [0.3, 0.4) is 0 Å². The SMILES string of the molecule is Cn1c(SCC(=O)NCc2ccc(N3CCCC3=O)cc2)nnc1-c1ccccc1. The normalized spacial score (nSPS) is 13.6. The van der Waals surface area contributed by atoms with Gasteiger partial charge in [0.15, 0.2) is 11.0 Å². The van der Waals surface area contributed by atoms with Crippen LogP contribution in [0.1, 0.15) is 18.4 Å². The van der Waals surface area contributed by atoms with Crippen molar-refractivity contribution in [1.29, 1.82) is 0 Å². The van der Waals surface area contributed by atoms with E-state index in [1.54, 1.807) is 0 Å². The molecule has 4 rings (SSSR count). The zero-order valence-electron chi connectivity index (χ0n) is 16.7. The van der Waals surface area contributed by atoms with Gasteiger partial charge in [-0.15, -0.1) is 10.2 Å². The summed E-state index contributed by atoms with van der Waals surface area (Å²) in [6.45, 7) is 1.22. The minimum atomic E-state index is -0.0666. The van der Waals surface area contributed by atoms with Crippen LogP contribution < -0.4 is 10.2 Å². The van der Waals surface area contributed by atoms with E-state index >= 15 is 0 Å². The van der Waals surface area contributed by atoms with Gasteiger partial charge >= 0.3 is 0 Å². The summed E-state index contributed by atoms with van der Waals surface area (Å²) in [6.07, 6.45) is 1.53. The molecule has 8 heteroatoms. The molecule has 2 amide bonds. The lowest BCUT2D eigenvalue weighted by molar-refractivity contribution is -0.119. The van der Waals surface area contributed by atoms with E-state index in [0.29, 0.717) is 18.1 Å². The van der Waals surface area contributed by atoms with Gasteiger partial charge in [-0.3, -0.25) is 9.59 Å². The molecule has 154 valence electrons. The summed E-state index contributed by atoms with van der Waals surface area (Å²) >= 11 is 1.36. The summed E-state index contributed by atoms with van der Waals surface area (Å²) in [5.74, 6) is 1.15. The smallest absolute Gasteiger partial charge is 0.230 e. The first-order chi connectivity index (χ1) is 14.6. The van der Waals surface area contributed by atoms with Gasteiger partial charge in [-0.25, -0.2) is 0 Å². The second kappa shape index (κ2) is 9.13. The maximum Gasteiger partial charge on any atom is 0.230 e. The first-order valence-corrected chi connectivity index (χ1v) is 10.8. The first-order valence-electron chi connectivity index (χ1n) is 9.85. The van der Waals surface area contributed by atoms with Gasteiger partial charge in [0.05, 0.1) is 5.75 Å². The monoisotopic (exact) mass is 421 g/mol. The largest absolute Gasteiger partial charge is 0.351 e. The highest BCUT2D eigenvalue weighted by Crippen LogP contribution is 2.23. The lowest BCUT2D eigenvalue weighted by Crippen LogP contribution is -2.25. The molecule has 0 unspecified atom stereocenters. The molecule has 1 N–H and O–H groups in total. The number of hydrogen-bond acceptors (Lipinski definition) is 5. The fourth-order valence-corrected chi connectivity index (χ4v) is 4.12. The number of nitrogens with zero attached hydrogens (tertiary/aromatic N) is 4. The second-order valence-electron chi connectivity index (χ2n) is 7.11. The molecular formula is C22H23N5O2S. The zero-order chi connectivity index (χ0) is 20.9. The minimum Gasteiger partial charge on any atom is -0.351 e. The molecule has 30 heavy (non-hydrogen) atoms. The molecule has 2 heterocycles. The molecule has 1 aromatic heterocycles. The number of hydrogen-bond donors (Lipinski definition) is 1. The Hall–Kier alpha value is -3.13. The van der Waals surface area contributed by atoms with E-state index in [-0.39, 0.29) is 17.6 Å². The van der Waals surface area contributed by atoms with Gasteiger partial charge in [0.25, 0.3) is 0 Å². The summed E-state index contributed by atoms with van der Waals surface area (Å²) in [5, 5.41) is 12.1. The molecule has 0 aliphatic carbocycles. The van der Waals surface area contributed by atoms with Crippen molar-refractivity contribution >= 4 is 29.3 Å². The Bertz CT molecular complexity index is 1030. The Morgan fingerprint density at radius 3 is 2.57 bits per heavy atom. The van der Waals surface area contributed by atoms with E-state index in [9.17, 15) is 9.59 Å². The van der Waals surface area contributed by atoms with Crippen LogP contribution in [-0.2, 0) is 23.2 Å². The van der Waals surface area contributed by atoms with E-state index in [1.165, 1.54) is 11.8 Å². The lowest BCUT2D eigenvalue weighted by atomic mass is 10.2. The number of thioether (sulfide) groups is 1. The van der Waals surface area contributed by atoms with Crippen LogP contribution in [0.15, 0.2) is 59.8 Å². The van der Waals surface area contributed by atoms with E-state index < -0.39 is 0 Å². The van der Waals surface area contributed by atoms with Crippen molar-refractivity contribution in [2.45, 2.75) is 24.5 Å². The highest BCUT2D eigenvalue weighted by atomic mass is 32.2. The molecule has 3 aromatic rings. The summed E-state index contributed by atoms with van der Waals surface area (Å²) in [7, 11) is 1.90. The third-order valence-corrected chi connectivity index (χ3v) is 6.03. The fraction of sp³-hybridized carbons (Fsp3) is 0.273. The first kappa shape index (κ1) is 20.2. The summed E-state index contributed by atoms with van der Waals surface area (Å²) in [6, 6.07) is 17.6. The quantitative estimate of drug-likeness (QED) is 0.593. The average molecular weight is 422 g/mol. The molecule has 0 saturated carbocycles. The number of carbonyl (C=O) groups is 2. The van der Waals surface area contributed by atoms with Crippen LogP contribution in [-0.4, -0.2) is 38.9 Å². The van der Waals surface area contributed by atoms with Gasteiger partial charge in [-0.2, -0.15) is 0 Å². The molecule has 0 radical (unpaired) electrons. The van der Waals surface area contributed by atoms with Crippen LogP contribution in [0.25, 0.3) is 11.4 Å². The maximum atomic E-state index is 12.3. The van der Waals surface area contributed by atoms with E-state index in [1.807, 2.05) is 71.1 Å².